The Hall–Kier alpha value is -6.18. The highest BCUT2D eigenvalue weighted by Crippen LogP contribution is 2.51. The zero-order valence-corrected chi connectivity index (χ0v) is 28.0. The quantitative estimate of drug-likeness (QED) is 0.170. The Morgan fingerprint density at radius 1 is 0.380 bits per heavy atom. The molecule has 11 rings (SSSR count). The van der Waals surface area contributed by atoms with Gasteiger partial charge in [-0.15, -0.1) is 0 Å². The van der Waals surface area contributed by atoms with Crippen LogP contribution in [0.2, 0.25) is 0 Å². The van der Waals surface area contributed by atoms with E-state index in [0.29, 0.717) is 0 Å². The van der Waals surface area contributed by atoms with Gasteiger partial charge in [-0.25, -0.2) is 0 Å². The first-order valence-electron chi connectivity index (χ1n) is 17.6. The summed E-state index contributed by atoms with van der Waals surface area (Å²) >= 11 is 0. The Morgan fingerprint density at radius 3 is 1.70 bits per heavy atom. The maximum Gasteiger partial charge on any atom is 0.0544 e. The minimum absolute atomic E-state index is 0.0534. The number of benzene rings is 9. The van der Waals surface area contributed by atoms with E-state index in [9.17, 15) is 0 Å². The van der Waals surface area contributed by atoms with Gasteiger partial charge in [-0.05, 0) is 107 Å². The zero-order valence-electron chi connectivity index (χ0n) is 28.0. The molecule has 0 bridgehead atoms. The molecule has 1 heteroatoms. The van der Waals surface area contributed by atoms with Gasteiger partial charge in [-0.2, -0.15) is 0 Å². The van der Waals surface area contributed by atoms with Crippen molar-refractivity contribution in [3.05, 3.63) is 175 Å². The summed E-state index contributed by atoms with van der Waals surface area (Å²) < 4.78 is 2.46. The molecule has 1 heterocycles. The molecular weight excluding hydrogens is 603 g/mol. The molecule has 0 atom stereocenters. The van der Waals surface area contributed by atoms with E-state index >= 15 is 0 Å². The highest BCUT2D eigenvalue weighted by Gasteiger charge is 2.36. The van der Waals surface area contributed by atoms with E-state index in [1.165, 1.54) is 104 Å². The Balaban J connectivity index is 1.09. The number of aromatic nitrogens is 1. The van der Waals surface area contributed by atoms with Crippen molar-refractivity contribution in [3.63, 3.8) is 0 Å². The van der Waals surface area contributed by atoms with Gasteiger partial charge in [0.1, 0.15) is 0 Å². The molecule has 1 nitrogen and oxygen atoms in total. The van der Waals surface area contributed by atoms with Crippen molar-refractivity contribution in [3.8, 4) is 39.1 Å². The fourth-order valence-corrected chi connectivity index (χ4v) is 9.15. The van der Waals surface area contributed by atoms with E-state index in [0.717, 1.165) is 0 Å². The fourth-order valence-electron chi connectivity index (χ4n) is 9.15. The number of hydrogen-bond acceptors (Lipinski definition) is 0. The highest BCUT2D eigenvalue weighted by molar-refractivity contribution is 6.27. The lowest BCUT2D eigenvalue weighted by Gasteiger charge is -2.21. The largest absolute Gasteiger partial charge is 0.309 e. The monoisotopic (exact) mass is 635 g/mol. The van der Waals surface area contributed by atoms with Gasteiger partial charge >= 0.3 is 0 Å². The van der Waals surface area contributed by atoms with E-state index in [-0.39, 0.29) is 5.41 Å². The Morgan fingerprint density at radius 2 is 0.980 bits per heavy atom. The van der Waals surface area contributed by atoms with Gasteiger partial charge in [0.25, 0.3) is 0 Å². The summed E-state index contributed by atoms with van der Waals surface area (Å²) in [4.78, 5) is 0. The van der Waals surface area contributed by atoms with Crippen LogP contribution in [0.1, 0.15) is 25.0 Å². The molecule has 1 aromatic heterocycles. The van der Waals surface area contributed by atoms with E-state index < -0.39 is 0 Å². The number of para-hydroxylation sites is 1. The van der Waals surface area contributed by atoms with Crippen LogP contribution in [-0.2, 0) is 5.41 Å². The molecule has 9 aromatic carbocycles. The van der Waals surface area contributed by atoms with E-state index in [1.807, 2.05) is 0 Å². The molecular formula is C49H33N. The van der Waals surface area contributed by atoms with Crippen LogP contribution in [-0.4, -0.2) is 4.57 Å². The number of rotatable bonds is 3. The van der Waals surface area contributed by atoms with Crippen molar-refractivity contribution in [2.24, 2.45) is 0 Å². The molecule has 0 unspecified atom stereocenters. The molecule has 50 heavy (non-hydrogen) atoms. The lowest BCUT2D eigenvalue weighted by atomic mass is 9.82. The molecule has 0 radical (unpaired) electrons. The molecule has 0 N–H and O–H groups in total. The summed E-state index contributed by atoms with van der Waals surface area (Å²) in [5, 5.41) is 10.5. The molecule has 0 saturated carbocycles. The molecule has 0 saturated heterocycles. The topological polar surface area (TPSA) is 4.93 Å². The number of fused-ring (bicyclic) bond motifs is 6. The van der Waals surface area contributed by atoms with E-state index in [1.54, 1.807) is 0 Å². The van der Waals surface area contributed by atoms with Crippen LogP contribution in [0.5, 0.6) is 0 Å². The average Bonchev–Trinajstić information content (AvgIpc) is 3.61. The maximum atomic E-state index is 2.46. The van der Waals surface area contributed by atoms with Crippen LogP contribution < -0.4 is 0 Å². The first kappa shape index (κ1) is 27.7. The molecule has 0 spiro atoms. The second-order valence-corrected chi connectivity index (χ2v) is 14.5. The first-order valence-corrected chi connectivity index (χ1v) is 17.6. The van der Waals surface area contributed by atoms with Gasteiger partial charge in [0.2, 0.25) is 0 Å². The van der Waals surface area contributed by atoms with Crippen LogP contribution in [0.25, 0.3) is 93.2 Å². The summed E-state index contributed by atoms with van der Waals surface area (Å²) in [7, 11) is 0. The van der Waals surface area contributed by atoms with Crippen molar-refractivity contribution in [2.75, 3.05) is 0 Å². The van der Waals surface area contributed by atoms with Crippen molar-refractivity contribution >= 4 is 54.1 Å². The summed E-state index contributed by atoms with van der Waals surface area (Å²) in [5.41, 5.74) is 14.2. The van der Waals surface area contributed by atoms with E-state index in [4.69, 9.17) is 0 Å². The van der Waals surface area contributed by atoms with Crippen molar-refractivity contribution in [1.82, 2.24) is 4.57 Å². The Labute approximate surface area is 291 Å². The lowest BCUT2D eigenvalue weighted by molar-refractivity contribution is 0.661. The van der Waals surface area contributed by atoms with Crippen LogP contribution in [0.3, 0.4) is 0 Å². The minimum Gasteiger partial charge on any atom is -0.309 e. The number of nitrogens with zero attached hydrogens (tertiary/aromatic N) is 1. The van der Waals surface area contributed by atoms with Crippen LogP contribution >= 0.6 is 0 Å². The maximum absolute atomic E-state index is 2.46. The molecule has 0 aliphatic heterocycles. The molecule has 0 fully saturated rings. The SMILES string of the molecule is CC1(C)c2ccccc2-c2cc3c4ccccc4n(-c4ccc(-c5ccc6ccc7c(-c8ccccc8)ccc8ccc5c6c87)cc4)c3cc21. The third-order valence-electron chi connectivity index (χ3n) is 11.6. The summed E-state index contributed by atoms with van der Waals surface area (Å²) in [6, 6.07) is 61.1. The van der Waals surface area contributed by atoms with Gasteiger partial charge in [-0.3, -0.25) is 0 Å². The third kappa shape index (κ3) is 3.67. The zero-order chi connectivity index (χ0) is 33.1. The predicted octanol–water partition coefficient (Wildman–Crippen LogP) is 13.3. The third-order valence-corrected chi connectivity index (χ3v) is 11.6. The lowest BCUT2D eigenvalue weighted by Crippen LogP contribution is -2.14. The minimum atomic E-state index is -0.0534. The molecule has 234 valence electrons. The van der Waals surface area contributed by atoms with Crippen molar-refractivity contribution < 1.29 is 0 Å². The standard InChI is InChI=1S/C49H33N/c1-49(2)43-14-8-6-12-37(43)41-28-42-38-13-7-9-15-45(38)50(46(42)29-44(41)49)34-22-16-31(17-23-34)36-25-19-33-20-26-39-35(30-10-4-3-5-11-30)24-18-32-21-27-40(36)48(33)47(32)39/h3-29H,1-2H3. The summed E-state index contributed by atoms with van der Waals surface area (Å²) in [6.45, 7) is 4.73. The van der Waals surface area contributed by atoms with E-state index in [2.05, 4.69) is 182 Å². The van der Waals surface area contributed by atoms with Gasteiger partial charge in [0.15, 0.2) is 0 Å². The van der Waals surface area contributed by atoms with Gasteiger partial charge in [0.05, 0.1) is 11.0 Å². The smallest absolute Gasteiger partial charge is 0.0544 e. The average molecular weight is 636 g/mol. The van der Waals surface area contributed by atoms with Gasteiger partial charge in [-0.1, -0.05) is 147 Å². The summed E-state index contributed by atoms with van der Waals surface area (Å²) in [5.74, 6) is 0. The van der Waals surface area contributed by atoms with Crippen LogP contribution in [0, 0.1) is 0 Å². The second-order valence-electron chi connectivity index (χ2n) is 14.5. The Kier molecular flexibility index (Phi) is 5.51. The van der Waals surface area contributed by atoms with Crippen LogP contribution in [0.4, 0.5) is 0 Å². The fraction of sp³-hybridized carbons (Fsp3) is 0.0612. The van der Waals surface area contributed by atoms with Gasteiger partial charge in [0, 0.05) is 21.9 Å². The Bertz CT molecular complexity index is 2980. The molecule has 1 aliphatic rings. The van der Waals surface area contributed by atoms with Crippen molar-refractivity contribution in [2.45, 2.75) is 19.3 Å². The van der Waals surface area contributed by atoms with Crippen molar-refractivity contribution in [1.29, 1.82) is 0 Å². The molecule has 0 amide bonds. The molecule has 10 aromatic rings. The van der Waals surface area contributed by atoms with Gasteiger partial charge < -0.3 is 4.57 Å². The number of hydrogen-bond donors (Lipinski definition) is 0. The first-order chi connectivity index (χ1) is 24.6. The predicted molar refractivity (Wildman–Crippen MR) is 213 cm³/mol. The second kappa shape index (κ2) is 9.94. The highest BCUT2D eigenvalue weighted by atomic mass is 15.0. The summed E-state index contributed by atoms with van der Waals surface area (Å²) in [6.07, 6.45) is 0. The van der Waals surface area contributed by atoms with Crippen LogP contribution in [0.15, 0.2) is 164 Å². The molecule has 1 aliphatic carbocycles. The normalized spacial score (nSPS) is 13.6.